The molecule has 0 bridgehead atoms. The fourth-order valence-electron chi connectivity index (χ4n) is 2.17. The van der Waals surface area contributed by atoms with Gasteiger partial charge in [0.1, 0.15) is 0 Å². The van der Waals surface area contributed by atoms with Crippen LogP contribution in [-0.4, -0.2) is 50.7 Å². The van der Waals surface area contributed by atoms with Crippen molar-refractivity contribution in [1.29, 1.82) is 0 Å². The van der Waals surface area contributed by atoms with Crippen molar-refractivity contribution in [2.24, 2.45) is 0 Å². The summed E-state index contributed by atoms with van der Waals surface area (Å²) >= 11 is 7.41. The van der Waals surface area contributed by atoms with Crippen LogP contribution in [0.2, 0.25) is 5.02 Å². The third-order valence-corrected chi connectivity index (χ3v) is 6.15. The minimum atomic E-state index is -3.07. The van der Waals surface area contributed by atoms with Gasteiger partial charge in [-0.2, -0.15) is 0 Å². The average molecular weight is 378 g/mol. The first kappa shape index (κ1) is 18.1. The number of carbonyl (C=O) groups is 2. The van der Waals surface area contributed by atoms with Crippen molar-refractivity contribution in [1.82, 2.24) is 5.32 Å². The minimum Gasteiger partial charge on any atom is -0.452 e. The van der Waals surface area contributed by atoms with Crippen LogP contribution >= 0.6 is 23.4 Å². The number of rotatable bonds is 5. The van der Waals surface area contributed by atoms with Crippen LogP contribution in [0.3, 0.4) is 0 Å². The quantitative estimate of drug-likeness (QED) is 0.618. The highest BCUT2D eigenvalue weighted by atomic mass is 35.5. The Morgan fingerprint density at radius 3 is 2.78 bits per heavy atom. The highest BCUT2D eigenvalue weighted by Gasteiger charge is 2.29. The van der Waals surface area contributed by atoms with E-state index in [0.29, 0.717) is 6.42 Å². The van der Waals surface area contributed by atoms with Gasteiger partial charge in [0.2, 0.25) is 0 Å². The molecule has 0 aliphatic carbocycles. The molecular weight excluding hydrogens is 362 g/mol. The summed E-state index contributed by atoms with van der Waals surface area (Å²) in [6.45, 7) is -0.477. The van der Waals surface area contributed by atoms with E-state index >= 15 is 0 Å². The Morgan fingerprint density at radius 2 is 2.17 bits per heavy atom. The molecule has 0 radical (unpaired) electrons. The van der Waals surface area contributed by atoms with E-state index in [1.165, 1.54) is 11.8 Å². The summed E-state index contributed by atoms with van der Waals surface area (Å²) in [4.78, 5) is 24.6. The van der Waals surface area contributed by atoms with Crippen LogP contribution in [0, 0.1) is 0 Å². The second-order valence-electron chi connectivity index (χ2n) is 5.09. The van der Waals surface area contributed by atoms with Crippen LogP contribution < -0.4 is 5.32 Å². The van der Waals surface area contributed by atoms with Crippen molar-refractivity contribution in [2.45, 2.75) is 17.4 Å². The van der Waals surface area contributed by atoms with E-state index in [-0.39, 0.29) is 22.1 Å². The molecule has 0 aromatic heterocycles. The summed E-state index contributed by atoms with van der Waals surface area (Å²) in [5, 5.41) is 2.79. The average Bonchev–Trinajstić information content (AvgIpc) is 2.84. The van der Waals surface area contributed by atoms with Gasteiger partial charge in [-0.05, 0) is 30.9 Å². The molecule has 1 aliphatic heterocycles. The lowest BCUT2D eigenvalue weighted by molar-refractivity contribution is -0.124. The normalized spacial score (nSPS) is 19.3. The van der Waals surface area contributed by atoms with Gasteiger partial charge in [0, 0.05) is 10.9 Å². The Bertz CT molecular complexity index is 720. The van der Waals surface area contributed by atoms with Crippen molar-refractivity contribution in [3.63, 3.8) is 0 Å². The number of thioether (sulfide) groups is 1. The summed E-state index contributed by atoms with van der Waals surface area (Å²) in [6.07, 6.45) is 2.24. The third kappa shape index (κ3) is 5.12. The highest BCUT2D eigenvalue weighted by molar-refractivity contribution is 7.98. The summed E-state index contributed by atoms with van der Waals surface area (Å²) in [6, 6.07) is 4.54. The molecule has 1 fully saturated rings. The molecule has 0 spiro atoms. The molecule has 0 unspecified atom stereocenters. The van der Waals surface area contributed by atoms with Gasteiger partial charge in [-0.1, -0.05) is 11.6 Å². The van der Waals surface area contributed by atoms with Crippen LogP contribution in [0.4, 0.5) is 0 Å². The van der Waals surface area contributed by atoms with Gasteiger partial charge in [-0.15, -0.1) is 11.8 Å². The van der Waals surface area contributed by atoms with E-state index in [1.807, 2.05) is 6.26 Å². The van der Waals surface area contributed by atoms with E-state index in [9.17, 15) is 18.0 Å². The first-order valence-electron chi connectivity index (χ1n) is 6.81. The van der Waals surface area contributed by atoms with Crippen molar-refractivity contribution in [2.75, 3.05) is 24.4 Å². The monoisotopic (exact) mass is 377 g/mol. The van der Waals surface area contributed by atoms with Crippen LogP contribution in [0.5, 0.6) is 0 Å². The molecule has 1 N–H and O–H groups in total. The molecule has 2 rings (SSSR count). The Morgan fingerprint density at radius 1 is 1.43 bits per heavy atom. The number of hydrogen-bond acceptors (Lipinski definition) is 6. The molecule has 1 aliphatic rings. The first-order chi connectivity index (χ1) is 10.8. The summed E-state index contributed by atoms with van der Waals surface area (Å²) in [7, 11) is -3.07. The number of hydrogen-bond donors (Lipinski definition) is 1. The number of sulfone groups is 1. The van der Waals surface area contributed by atoms with E-state index in [0.717, 1.165) is 4.90 Å². The predicted octanol–water partition coefficient (Wildman–Crippen LogP) is 1.52. The molecule has 1 atom stereocenters. The number of ether oxygens (including phenoxy) is 1. The molecule has 1 aromatic carbocycles. The van der Waals surface area contributed by atoms with E-state index < -0.39 is 34.4 Å². The SMILES string of the molecule is CSc1ccc(Cl)c(C(=O)OCC(=O)N[C@@H]2CCS(=O)(=O)C2)c1. The molecular formula is C14H16ClNO5S2. The highest BCUT2D eigenvalue weighted by Crippen LogP contribution is 2.23. The molecule has 1 heterocycles. The van der Waals surface area contributed by atoms with E-state index in [2.05, 4.69) is 5.32 Å². The lowest BCUT2D eigenvalue weighted by atomic mass is 10.2. The maximum atomic E-state index is 12.0. The van der Waals surface area contributed by atoms with Crippen molar-refractivity contribution in [3.05, 3.63) is 28.8 Å². The molecule has 1 amide bonds. The second-order valence-corrected chi connectivity index (χ2v) is 8.60. The topological polar surface area (TPSA) is 89.5 Å². The van der Waals surface area contributed by atoms with Gasteiger partial charge in [0.15, 0.2) is 16.4 Å². The third-order valence-electron chi connectivity index (χ3n) is 3.33. The molecule has 126 valence electrons. The Labute approximate surface area is 143 Å². The van der Waals surface area contributed by atoms with Crippen molar-refractivity contribution < 1.29 is 22.7 Å². The molecule has 1 aromatic rings. The fraction of sp³-hybridized carbons (Fsp3) is 0.429. The van der Waals surface area contributed by atoms with Gasteiger partial charge < -0.3 is 10.1 Å². The van der Waals surface area contributed by atoms with Gasteiger partial charge >= 0.3 is 5.97 Å². The van der Waals surface area contributed by atoms with Crippen molar-refractivity contribution >= 4 is 45.1 Å². The van der Waals surface area contributed by atoms with Gasteiger partial charge in [-0.3, -0.25) is 4.79 Å². The molecule has 23 heavy (non-hydrogen) atoms. The Balaban J connectivity index is 1.88. The standard InChI is InChI=1S/C14H16ClNO5S2/c1-22-10-2-3-12(15)11(6-10)14(18)21-7-13(17)16-9-4-5-23(19,20)8-9/h2-3,6,9H,4-5,7-8H2,1H3,(H,16,17)/t9-/m1/s1. The van der Waals surface area contributed by atoms with Gasteiger partial charge in [0.05, 0.1) is 22.1 Å². The van der Waals surface area contributed by atoms with Gasteiger partial charge in [0.25, 0.3) is 5.91 Å². The zero-order valence-corrected chi connectivity index (χ0v) is 14.8. The Kier molecular flexibility index (Phi) is 5.94. The van der Waals surface area contributed by atoms with Crippen LogP contribution in [0.1, 0.15) is 16.8 Å². The molecule has 1 saturated heterocycles. The molecule has 0 saturated carbocycles. The van der Waals surface area contributed by atoms with Crippen LogP contribution in [0.25, 0.3) is 0 Å². The molecule has 6 nitrogen and oxygen atoms in total. The second kappa shape index (κ2) is 7.55. The largest absolute Gasteiger partial charge is 0.452 e. The fourth-order valence-corrected chi connectivity index (χ4v) is 4.48. The number of carbonyl (C=O) groups excluding carboxylic acids is 2. The minimum absolute atomic E-state index is 0.0643. The van der Waals surface area contributed by atoms with E-state index in [1.54, 1.807) is 18.2 Å². The zero-order valence-electron chi connectivity index (χ0n) is 12.4. The first-order valence-corrected chi connectivity index (χ1v) is 10.2. The van der Waals surface area contributed by atoms with Crippen LogP contribution in [0.15, 0.2) is 23.1 Å². The summed E-state index contributed by atoms with van der Waals surface area (Å²) < 4.78 is 27.6. The summed E-state index contributed by atoms with van der Waals surface area (Å²) in [5.41, 5.74) is 0.190. The number of amides is 1. The van der Waals surface area contributed by atoms with Crippen LogP contribution in [-0.2, 0) is 19.4 Å². The number of halogens is 1. The number of benzene rings is 1. The maximum absolute atomic E-state index is 12.0. The summed E-state index contributed by atoms with van der Waals surface area (Å²) in [5.74, 6) is -1.24. The van der Waals surface area contributed by atoms with Gasteiger partial charge in [-0.25, -0.2) is 13.2 Å². The smallest absolute Gasteiger partial charge is 0.340 e. The molecule has 9 heteroatoms. The maximum Gasteiger partial charge on any atom is 0.340 e. The number of esters is 1. The zero-order chi connectivity index (χ0) is 17.0. The Hall–Kier alpha value is -1.25. The van der Waals surface area contributed by atoms with E-state index in [4.69, 9.17) is 16.3 Å². The predicted molar refractivity (Wildman–Crippen MR) is 88.7 cm³/mol. The lowest BCUT2D eigenvalue weighted by Gasteiger charge is -2.11. The number of nitrogens with one attached hydrogen (secondary N) is 1. The lowest BCUT2D eigenvalue weighted by Crippen LogP contribution is -2.38. The van der Waals surface area contributed by atoms with Crippen molar-refractivity contribution in [3.8, 4) is 0 Å².